The van der Waals surface area contributed by atoms with E-state index in [4.69, 9.17) is 10.4 Å². The monoisotopic (exact) mass is 211 g/mol. The van der Waals surface area contributed by atoms with Crippen LogP contribution in [0.2, 0.25) is 0 Å². The first-order valence-corrected chi connectivity index (χ1v) is 4.03. The van der Waals surface area contributed by atoms with E-state index in [1.54, 1.807) is 6.07 Å². The minimum atomic E-state index is -2.85. The van der Waals surface area contributed by atoms with Gasteiger partial charge in [0, 0.05) is 5.56 Å². The van der Waals surface area contributed by atoms with Gasteiger partial charge in [0.1, 0.15) is 0 Å². The van der Waals surface area contributed by atoms with Gasteiger partial charge in [0.15, 0.2) is 0 Å². The van der Waals surface area contributed by atoms with E-state index in [9.17, 15) is 13.6 Å². The molecule has 1 rings (SSSR count). The van der Waals surface area contributed by atoms with E-state index >= 15 is 0 Å². The third-order valence-electron chi connectivity index (χ3n) is 1.98. The largest absolute Gasteiger partial charge is 0.478 e. The van der Waals surface area contributed by atoms with Crippen LogP contribution in [-0.4, -0.2) is 11.1 Å². The highest BCUT2D eigenvalue weighted by Gasteiger charge is 2.18. The Morgan fingerprint density at radius 1 is 1.53 bits per heavy atom. The number of carbonyl (C=O) groups is 1. The summed E-state index contributed by atoms with van der Waals surface area (Å²) in [6.07, 6.45) is -2.85. The van der Waals surface area contributed by atoms with E-state index in [2.05, 4.69) is 0 Å². The lowest BCUT2D eigenvalue weighted by Crippen LogP contribution is -2.03. The summed E-state index contributed by atoms with van der Waals surface area (Å²) in [6, 6.07) is 3.62. The van der Waals surface area contributed by atoms with Crippen molar-refractivity contribution in [2.75, 3.05) is 0 Å². The second kappa shape index (κ2) is 4.05. The van der Waals surface area contributed by atoms with Gasteiger partial charge in [-0.1, -0.05) is 0 Å². The molecular formula is C10H7F2NO2. The van der Waals surface area contributed by atoms with Crippen molar-refractivity contribution in [3.63, 3.8) is 0 Å². The second-order valence-corrected chi connectivity index (χ2v) is 2.97. The Bertz CT molecular complexity index is 449. The number of rotatable bonds is 2. The lowest BCUT2D eigenvalue weighted by Gasteiger charge is -2.06. The Kier molecular flexibility index (Phi) is 3.00. The summed E-state index contributed by atoms with van der Waals surface area (Å²) in [6.45, 7) is 1.46. The molecule has 1 aromatic rings. The third-order valence-corrected chi connectivity index (χ3v) is 1.98. The predicted molar refractivity (Wildman–Crippen MR) is 47.8 cm³/mol. The molecule has 1 aromatic carbocycles. The first kappa shape index (κ1) is 11.1. The molecule has 0 aromatic heterocycles. The SMILES string of the molecule is Cc1cc(C#N)c(C(F)F)cc1C(=O)O. The molecule has 0 fully saturated rings. The standard InChI is InChI=1S/C10H7F2NO2/c1-5-2-6(4-13)8(9(11)12)3-7(5)10(14)15/h2-3,9H,1H3,(H,14,15). The van der Waals surface area contributed by atoms with Crippen LogP contribution in [0.4, 0.5) is 8.78 Å². The fourth-order valence-electron chi connectivity index (χ4n) is 1.23. The van der Waals surface area contributed by atoms with E-state index in [0.717, 1.165) is 12.1 Å². The molecule has 0 amide bonds. The van der Waals surface area contributed by atoms with Crippen molar-refractivity contribution in [2.24, 2.45) is 0 Å². The number of hydrogen-bond acceptors (Lipinski definition) is 2. The van der Waals surface area contributed by atoms with Gasteiger partial charge in [0.25, 0.3) is 6.43 Å². The zero-order valence-electron chi connectivity index (χ0n) is 7.79. The summed E-state index contributed by atoms with van der Waals surface area (Å²) in [5, 5.41) is 17.3. The number of carboxylic acid groups (broad SMARTS) is 1. The van der Waals surface area contributed by atoms with Crippen LogP contribution in [0.5, 0.6) is 0 Å². The van der Waals surface area contributed by atoms with E-state index in [1.165, 1.54) is 6.92 Å². The van der Waals surface area contributed by atoms with Crippen molar-refractivity contribution in [2.45, 2.75) is 13.3 Å². The van der Waals surface area contributed by atoms with Crippen molar-refractivity contribution in [3.05, 3.63) is 34.4 Å². The zero-order chi connectivity index (χ0) is 11.6. The van der Waals surface area contributed by atoms with Gasteiger partial charge in [-0.2, -0.15) is 5.26 Å². The predicted octanol–water partition coefficient (Wildman–Crippen LogP) is 2.50. The number of carboxylic acids is 1. The van der Waals surface area contributed by atoms with Gasteiger partial charge < -0.3 is 5.11 Å². The van der Waals surface area contributed by atoms with Crippen LogP contribution in [0, 0.1) is 18.3 Å². The number of aryl methyl sites for hydroxylation is 1. The Morgan fingerprint density at radius 3 is 2.53 bits per heavy atom. The summed E-state index contributed by atoms with van der Waals surface area (Å²) in [4.78, 5) is 10.7. The first-order valence-electron chi connectivity index (χ1n) is 4.03. The Hall–Kier alpha value is -1.96. The topological polar surface area (TPSA) is 61.1 Å². The molecule has 78 valence electrons. The van der Waals surface area contributed by atoms with E-state index in [1.807, 2.05) is 0 Å². The van der Waals surface area contributed by atoms with E-state index < -0.39 is 18.0 Å². The van der Waals surface area contributed by atoms with E-state index in [0.29, 0.717) is 5.56 Å². The Labute approximate surface area is 84.6 Å². The maximum Gasteiger partial charge on any atom is 0.335 e. The quantitative estimate of drug-likeness (QED) is 0.817. The van der Waals surface area contributed by atoms with Gasteiger partial charge in [0.2, 0.25) is 0 Å². The van der Waals surface area contributed by atoms with Gasteiger partial charge >= 0.3 is 5.97 Å². The average molecular weight is 211 g/mol. The van der Waals surface area contributed by atoms with Crippen molar-refractivity contribution in [1.82, 2.24) is 0 Å². The number of benzene rings is 1. The van der Waals surface area contributed by atoms with Crippen LogP contribution in [0.25, 0.3) is 0 Å². The summed E-state index contributed by atoms with van der Waals surface area (Å²) in [5.41, 5.74) is -0.638. The number of nitrogens with zero attached hydrogens (tertiary/aromatic N) is 1. The molecular weight excluding hydrogens is 204 g/mol. The molecule has 0 atom stereocenters. The second-order valence-electron chi connectivity index (χ2n) is 2.97. The van der Waals surface area contributed by atoms with Crippen molar-refractivity contribution in [3.8, 4) is 6.07 Å². The molecule has 0 bridgehead atoms. The van der Waals surface area contributed by atoms with Crippen molar-refractivity contribution < 1.29 is 18.7 Å². The Balaban J connectivity index is 3.45. The zero-order valence-corrected chi connectivity index (χ0v) is 7.79. The average Bonchev–Trinajstić information content (AvgIpc) is 2.16. The Morgan fingerprint density at radius 2 is 2.13 bits per heavy atom. The number of alkyl halides is 2. The summed E-state index contributed by atoms with van der Waals surface area (Å²) >= 11 is 0. The maximum atomic E-state index is 12.4. The van der Waals surface area contributed by atoms with Crippen LogP contribution in [0.15, 0.2) is 12.1 Å². The van der Waals surface area contributed by atoms with E-state index in [-0.39, 0.29) is 11.1 Å². The first-order chi connectivity index (χ1) is 6.97. The van der Waals surface area contributed by atoms with Crippen LogP contribution >= 0.6 is 0 Å². The van der Waals surface area contributed by atoms with Crippen molar-refractivity contribution in [1.29, 1.82) is 5.26 Å². The highest BCUT2D eigenvalue weighted by molar-refractivity contribution is 5.89. The molecule has 0 saturated heterocycles. The maximum absolute atomic E-state index is 12.4. The van der Waals surface area contributed by atoms with Crippen LogP contribution in [0.3, 0.4) is 0 Å². The number of nitriles is 1. The molecule has 0 saturated carbocycles. The summed E-state index contributed by atoms with van der Waals surface area (Å²) < 4.78 is 24.9. The lowest BCUT2D eigenvalue weighted by atomic mass is 10.00. The fourth-order valence-corrected chi connectivity index (χ4v) is 1.23. The number of halogens is 2. The third kappa shape index (κ3) is 2.10. The molecule has 0 aliphatic rings. The van der Waals surface area contributed by atoms with Gasteiger partial charge in [-0.15, -0.1) is 0 Å². The highest BCUT2D eigenvalue weighted by Crippen LogP contribution is 2.25. The minimum absolute atomic E-state index is 0.187. The van der Waals surface area contributed by atoms with Crippen molar-refractivity contribution >= 4 is 5.97 Å². The molecule has 0 unspecified atom stereocenters. The minimum Gasteiger partial charge on any atom is -0.478 e. The van der Waals surface area contributed by atoms with Crippen LogP contribution in [-0.2, 0) is 0 Å². The number of hydrogen-bond donors (Lipinski definition) is 1. The molecule has 1 N–H and O–H groups in total. The molecule has 0 aliphatic carbocycles. The van der Waals surface area contributed by atoms with Gasteiger partial charge in [-0.3, -0.25) is 0 Å². The summed E-state index contributed by atoms with van der Waals surface area (Å²) in [5.74, 6) is -1.28. The normalized spacial score (nSPS) is 10.1. The molecule has 0 heterocycles. The highest BCUT2D eigenvalue weighted by atomic mass is 19.3. The van der Waals surface area contributed by atoms with Crippen LogP contribution in [0.1, 0.15) is 33.5 Å². The fraction of sp³-hybridized carbons (Fsp3) is 0.200. The van der Waals surface area contributed by atoms with Gasteiger partial charge in [-0.25, -0.2) is 13.6 Å². The molecule has 0 spiro atoms. The summed E-state index contributed by atoms with van der Waals surface area (Å²) in [7, 11) is 0. The molecule has 5 heteroatoms. The van der Waals surface area contributed by atoms with Gasteiger partial charge in [0.05, 0.1) is 17.2 Å². The molecule has 0 aliphatic heterocycles. The van der Waals surface area contributed by atoms with Crippen LogP contribution < -0.4 is 0 Å². The lowest BCUT2D eigenvalue weighted by molar-refractivity contribution is 0.0695. The van der Waals surface area contributed by atoms with Gasteiger partial charge in [-0.05, 0) is 24.6 Å². The molecule has 0 radical (unpaired) electrons. The molecule has 3 nitrogen and oxygen atoms in total. The smallest absolute Gasteiger partial charge is 0.335 e. The number of aromatic carboxylic acids is 1. The molecule has 15 heavy (non-hydrogen) atoms.